The zero-order chi connectivity index (χ0) is 53.6. The lowest BCUT2D eigenvalue weighted by Crippen LogP contribution is -2.45. The number of fused-ring (bicyclic) bond motifs is 8. The van der Waals surface area contributed by atoms with Crippen LogP contribution >= 0.6 is 22.6 Å². The first kappa shape index (κ1) is 54.2. The molecule has 4 aromatic rings. The summed E-state index contributed by atoms with van der Waals surface area (Å²) >= 11 is 2.37. The molecule has 8 nitrogen and oxygen atoms in total. The van der Waals surface area contributed by atoms with Crippen LogP contribution in [0, 0.1) is 61.7 Å². The summed E-state index contributed by atoms with van der Waals surface area (Å²) in [6.07, 6.45) is 25.3. The van der Waals surface area contributed by atoms with Crippen LogP contribution in [0.15, 0.2) is 156 Å². The number of Topliss-reactive ketones (excluding diaryl/α,β-unsaturated/α-hetero) is 2. The van der Waals surface area contributed by atoms with E-state index >= 15 is 0 Å². The summed E-state index contributed by atoms with van der Waals surface area (Å²) in [6.45, 7) is 14.8. The standard InChI is InChI=1S/C33H37NO2.C28H31IO2.C5H6BNO2/c1-4-21-17-30-28-13-11-24-16-26(36)12-14-27(24)31(28)29(18-33(30,3)32(21)20(2)35)23-9-7-22(8-10-23)25-6-5-15-34-19-25;1-4-17-14-25-23-11-7-19-13-21(31)10-12-22(19)26(23)24(18-5-8-20(29)9-6-18)15-28(25,3)27(17)16(2)30;8-6(9)5-2-1-3-7-4-5/h5-10,15-16,19,21,28-30,32H,4,11-14,17-18H2,1-3H3;4-6,8-9,13,17,23-25,27H,1,7,10-12,14-15H2,2-3H3;1-4,8-9H/t21-,28?,29-,30?,32?,33+;17-,23?,24-,25?,27?,28+;/m11./s1. The maximum atomic E-state index is 13.1. The number of nitrogens with zero attached hydrogens (tertiary/aromatic N) is 2. The molecule has 0 aliphatic heterocycles. The summed E-state index contributed by atoms with van der Waals surface area (Å²) in [5.41, 5.74) is 14.2. The fourth-order valence-corrected chi connectivity index (χ4v) is 17.4. The molecule has 2 aromatic carbocycles. The number of halogens is 1. The van der Waals surface area contributed by atoms with E-state index < -0.39 is 7.12 Å². The maximum absolute atomic E-state index is 13.1. The Morgan fingerprint density at radius 3 is 1.66 bits per heavy atom. The van der Waals surface area contributed by atoms with Gasteiger partial charge in [0.15, 0.2) is 11.6 Å². The lowest BCUT2D eigenvalue weighted by molar-refractivity contribution is -0.127. The summed E-state index contributed by atoms with van der Waals surface area (Å²) in [7, 11) is -1.40. The van der Waals surface area contributed by atoms with Crippen molar-refractivity contribution in [1.29, 1.82) is 0 Å². The van der Waals surface area contributed by atoms with E-state index in [1.54, 1.807) is 36.4 Å². The molecule has 12 atom stereocenters. The highest BCUT2D eigenvalue weighted by Gasteiger charge is 2.62. The third-order valence-corrected chi connectivity index (χ3v) is 20.7. The molecule has 0 saturated heterocycles. The van der Waals surface area contributed by atoms with Crippen LogP contribution in [-0.4, -0.2) is 50.3 Å². The predicted molar refractivity (Wildman–Crippen MR) is 310 cm³/mol. The number of allylic oxidation sites excluding steroid dienone is 9. The van der Waals surface area contributed by atoms with Crippen LogP contribution < -0.4 is 5.46 Å². The van der Waals surface area contributed by atoms with Crippen LogP contribution in [-0.2, 0) is 19.2 Å². The minimum atomic E-state index is -1.40. The van der Waals surface area contributed by atoms with Gasteiger partial charge in [-0.1, -0.05) is 92.9 Å². The van der Waals surface area contributed by atoms with Crippen molar-refractivity contribution >= 4 is 58.3 Å². The molecule has 2 N–H and O–H groups in total. The van der Waals surface area contributed by atoms with E-state index in [0.29, 0.717) is 71.3 Å². The smallest absolute Gasteiger partial charge is 0.423 e. The minimum Gasteiger partial charge on any atom is -0.423 e. The highest BCUT2D eigenvalue weighted by Crippen LogP contribution is 2.69. The maximum Gasteiger partial charge on any atom is 0.490 e. The Hall–Kier alpha value is -5.17. The lowest BCUT2D eigenvalue weighted by atomic mass is 9.51. The van der Waals surface area contributed by atoms with E-state index in [0.717, 1.165) is 69.8 Å². The van der Waals surface area contributed by atoms with Gasteiger partial charge in [0.2, 0.25) is 0 Å². The summed E-state index contributed by atoms with van der Waals surface area (Å²) in [6, 6.07) is 25.4. The quantitative estimate of drug-likeness (QED) is 0.101. The number of aromatic nitrogens is 2. The molecule has 394 valence electrons. The van der Waals surface area contributed by atoms with Crippen molar-refractivity contribution < 1.29 is 29.2 Å². The van der Waals surface area contributed by atoms with Crippen LogP contribution in [0.4, 0.5) is 0 Å². The van der Waals surface area contributed by atoms with E-state index in [4.69, 9.17) is 10.0 Å². The molecule has 4 saturated carbocycles. The van der Waals surface area contributed by atoms with Crippen molar-refractivity contribution in [3.8, 4) is 11.1 Å². The number of ketones is 4. The molecule has 2 heterocycles. The first-order chi connectivity index (χ1) is 36.5. The molecule has 4 fully saturated rings. The third kappa shape index (κ3) is 10.1. The van der Waals surface area contributed by atoms with Gasteiger partial charge in [0.25, 0.3) is 0 Å². The zero-order valence-electron chi connectivity index (χ0n) is 45.0. The van der Waals surface area contributed by atoms with Crippen molar-refractivity contribution in [1.82, 2.24) is 9.97 Å². The topological polar surface area (TPSA) is 135 Å². The Labute approximate surface area is 464 Å². The van der Waals surface area contributed by atoms with Crippen LogP contribution in [0.3, 0.4) is 0 Å². The third-order valence-electron chi connectivity index (χ3n) is 20.0. The molecule has 12 rings (SSSR count). The van der Waals surface area contributed by atoms with Crippen molar-refractivity contribution in [3.63, 3.8) is 0 Å². The molecule has 8 aliphatic rings. The average molecular weight is 1130 g/mol. The Balaban J connectivity index is 0.000000150. The minimum absolute atomic E-state index is 0.00121. The number of hydrogen-bond donors (Lipinski definition) is 2. The van der Waals surface area contributed by atoms with Gasteiger partial charge in [-0.05, 0) is 228 Å². The van der Waals surface area contributed by atoms with Crippen LogP contribution in [0.25, 0.3) is 11.1 Å². The van der Waals surface area contributed by atoms with Gasteiger partial charge in [0.1, 0.15) is 11.6 Å². The average Bonchev–Trinajstić information content (AvgIpc) is 3.93. The van der Waals surface area contributed by atoms with Crippen molar-refractivity contribution in [2.24, 2.45) is 58.2 Å². The fourth-order valence-electron chi connectivity index (χ4n) is 17.1. The van der Waals surface area contributed by atoms with Crippen LogP contribution in [0.1, 0.15) is 141 Å². The molecular formula is C66H74BIN2O6. The summed E-state index contributed by atoms with van der Waals surface area (Å²) in [5, 5.41) is 17.1. The highest BCUT2D eigenvalue weighted by atomic mass is 127. The largest absolute Gasteiger partial charge is 0.490 e. The van der Waals surface area contributed by atoms with Gasteiger partial charge in [-0.3, -0.25) is 29.1 Å². The molecule has 0 radical (unpaired) electrons. The molecule has 6 unspecified atom stereocenters. The summed E-state index contributed by atoms with van der Waals surface area (Å²) < 4.78 is 1.25. The molecule has 0 spiro atoms. The van der Waals surface area contributed by atoms with Crippen molar-refractivity contribution in [2.45, 2.75) is 130 Å². The van der Waals surface area contributed by atoms with Crippen molar-refractivity contribution in [2.75, 3.05) is 0 Å². The molecule has 0 bridgehead atoms. The van der Waals surface area contributed by atoms with Crippen LogP contribution in [0.5, 0.6) is 0 Å². The molecule has 2 aromatic heterocycles. The summed E-state index contributed by atoms with van der Waals surface area (Å²) in [5.74, 6) is 5.02. The molecular weight excluding hydrogens is 1050 g/mol. The van der Waals surface area contributed by atoms with Gasteiger partial charge in [-0.2, -0.15) is 0 Å². The number of hydrogen-bond acceptors (Lipinski definition) is 8. The van der Waals surface area contributed by atoms with Gasteiger partial charge in [-0.25, -0.2) is 0 Å². The van der Waals surface area contributed by atoms with E-state index in [9.17, 15) is 19.2 Å². The van der Waals surface area contributed by atoms with Crippen molar-refractivity contribution in [3.05, 3.63) is 171 Å². The van der Waals surface area contributed by atoms with Gasteiger partial charge < -0.3 is 10.0 Å². The van der Waals surface area contributed by atoms with Gasteiger partial charge in [0.05, 0.1) is 0 Å². The number of carbonyl (C=O) groups excluding carboxylic acids is 4. The molecule has 76 heavy (non-hydrogen) atoms. The monoisotopic (exact) mass is 1130 g/mol. The van der Waals surface area contributed by atoms with E-state index in [1.807, 2.05) is 37.5 Å². The highest BCUT2D eigenvalue weighted by molar-refractivity contribution is 14.1. The van der Waals surface area contributed by atoms with Gasteiger partial charge >= 0.3 is 7.12 Å². The molecule has 8 aliphatic carbocycles. The second-order valence-electron chi connectivity index (χ2n) is 24.0. The Morgan fingerprint density at radius 1 is 0.684 bits per heavy atom. The fraction of sp³-hybridized carbons (Fsp3) is 0.455. The number of rotatable bonds is 8. The second kappa shape index (κ2) is 22.3. The molecule has 10 heteroatoms. The number of benzene rings is 2. The number of pyridine rings is 2. The van der Waals surface area contributed by atoms with E-state index in [1.165, 1.54) is 55.2 Å². The van der Waals surface area contributed by atoms with E-state index in [-0.39, 0.29) is 40.2 Å². The van der Waals surface area contributed by atoms with Gasteiger partial charge in [-0.15, -0.1) is 6.58 Å². The first-order valence-corrected chi connectivity index (χ1v) is 29.2. The van der Waals surface area contributed by atoms with E-state index in [2.05, 4.69) is 121 Å². The van der Waals surface area contributed by atoms with Gasteiger partial charge in [0, 0.05) is 70.3 Å². The Bertz CT molecular complexity index is 3020. The lowest BCUT2D eigenvalue weighted by Gasteiger charge is -2.52. The summed E-state index contributed by atoms with van der Waals surface area (Å²) in [4.78, 5) is 58.4. The Morgan fingerprint density at radius 2 is 1.20 bits per heavy atom. The Kier molecular flexibility index (Phi) is 15.9. The molecule has 0 amide bonds. The normalized spacial score (nSPS) is 32.0. The second-order valence-corrected chi connectivity index (χ2v) is 25.2. The zero-order valence-corrected chi connectivity index (χ0v) is 47.2. The number of carbonyl (C=O) groups is 4. The first-order valence-electron chi connectivity index (χ1n) is 28.1. The van der Waals surface area contributed by atoms with Crippen LogP contribution in [0.2, 0.25) is 0 Å². The predicted octanol–water partition coefficient (Wildman–Crippen LogP) is 13.1. The SMILES string of the molecule is C=C[C@@H]1CC2C3CCC4=CC(=O)CCC4=C3[C@@H](c3ccc(I)cc3)C[C@]2(C)C1C(C)=O.CC[C@@H]1CC2C3CCC4=CC(=O)CCC4=C3[C@@H](c3ccc(-c4cccnc4)cc3)C[C@]2(C)C1C(C)=O.OB(O)c1cccnc1.